The summed E-state index contributed by atoms with van der Waals surface area (Å²) in [4.78, 5) is 71.9. The van der Waals surface area contributed by atoms with Gasteiger partial charge in [0.25, 0.3) is 11.8 Å². The van der Waals surface area contributed by atoms with Crippen molar-refractivity contribution < 1.29 is 33.2 Å². The summed E-state index contributed by atoms with van der Waals surface area (Å²) in [5.41, 5.74) is 8.03. The fraction of sp³-hybridized carbons (Fsp3) is 0.438. The Labute approximate surface area is 366 Å². The third kappa shape index (κ3) is 9.74. The van der Waals surface area contributed by atoms with E-state index in [1.807, 2.05) is 26.0 Å². The highest BCUT2D eigenvalue weighted by atomic mass is 16.5. The van der Waals surface area contributed by atoms with E-state index in [4.69, 9.17) is 14.2 Å². The number of hydrogen-bond donors (Lipinski definition) is 3. The lowest BCUT2D eigenvalue weighted by Gasteiger charge is -2.32. The molecule has 63 heavy (non-hydrogen) atoms. The van der Waals surface area contributed by atoms with Crippen molar-refractivity contribution in [1.82, 2.24) is 29.8 Å². The van der Waals surface area contributed by atoms with Crippen LogP contribution in [0, 0.1) is 13.8 Å². The molecule has 5 amide bonds. The van der Waals surface area contributed by atoms with Gasteiger partial charge in [0.05, 0.1) is 41.1 Å². The number of morpholine rings is 1. The fourth-order valence-corrected chi connectivity index (χ4v) is 9.08. The van der Waals surface area contributed by atoms with Crippen molar-refractivity contribution in [2.45, 2.75) is 104 Å². The number of benzene rings is 3. The van der Waals surface area contributed by atoms with Gasteiger partial charge in [-0.25, -0.2) is 4.98 Å². The van der Waals surface area contributed by atoms with E-state index < -0.39 is 29.7 Å². The van der Waals surface area contributed by atoms with E-state index in [1.54, 1.807) is 18.2 Å². The average Bonchev–Trinajstić information content (AvgIpc) is 3.89. The number of piperidine rings is 1. The van der Waals surface area contributed by atoms with Crippen LogP contribution in [0.3, 0.4) is 0 Å². The summed E-state index contributed by atoms with van der Waals surface area (Å²) in [6.07, 6.45) is 6.65. The normalized spacial score (nSPS) is 17.3. The Morgan fingerprint density at radius 1 is 0.905 bits per heavy atom. The van der Waals surface area contributed by atoms with E-state index in [0.717, 1.165) is 128 Å². The lowest BCUT2D eigenvalue weighted by atomic mass is 10.0. The molecule has 0 saturated carbocycles. The van der Waals surface area contributed by atoms with Crippen molar-refractivity contribution in [1.29, 1.82) is 0 Å². The molecule has 2 fully saturated rings. The fourth-order valence-electron chi connectivity index (χ4n) is 9.08. The van der Waals surface area contributed by atoms with E-state index in [0.29, 0.717) is 24.7 Å². The molecule has 2 aromatic heterocycles. The highest BCUT2D eigenvalue weighted by Gasteiger charge is 2.45. The van der Waals surface area contributed by atoms with Crippen molar-refractivity contribution in [3.05, 3.63) is 94.6 Å². The van der Waals surface area contributed by atoms with Crippen molar-refractivity contribution in [3.63, 3.8) is 0 Å². The van der Waals surface area contributed by atoms with E-state index >= 15 is 0 Å². The molecule has 5 aromatic rings. The second-order valence-corrected chi connectivity index (χ2v) is 16.9. The Bertz CT molecular complexity index is 2480. The van der Waals surface area contributed by atoms with Crippen LogP contribution in [0.1, 0.15) is 102 Å². The second-order valence-electron chi connectivity index (χ2n) is 16.9. The molecule has 15 nitrogen and oxygen atoms in total. The van der Waals surface area contributed by atoms with Crippen LogP contribution >= 0.6 is 0 Å². The number of fused-ring (bicyclic) bond motifs is 2. The summed E-state index contributed by atoms with van der Waals surface area (Å²) in [5, 5.41) is 12.7. The third-order valence-corrected chi connectivity index (χ3v) is 12.5. The topological polar surface area (TPSA) is 181 Å². The van der Waals surface area contributed by atoms with Crippen LogP contribution in [0.4, 0.5) is 11.4 Å². The predicted octanol–water partition coefficient (Wildman–Crippen LogP) is 6.61. The summed E-state index contributed by atoms with van der Waals surface area (Å²) in [6, 6.07) is 18.9. The lowest BCUT2D eigenvalue weighted by Crippen LogP contribution is -2.54. The first-order chi connectivity index (χ1) is 30.5. The quantitative estimate of drug-likeness (QED) is 0.0638. The third-order valence-electron chi connectivity index (χ3n) is 12.5. The number of anilines is 2. The van der Waals surface area contributed by atoms with Crippen molar-refractivity contribution in [2.75, 3.05) is 43.5 Å². The van der Waals surface area contributed by atoms with Crippen LogP contribution in [0.5, 0.6) is 0 Å². The van der Waals surface area contributed by atoms with Gasteiger partial charge >= 0.3 is 0 Å². The van der Waals surface area contributed by atoms with Gasteiger partial charge in [0.15, 0.2) is 0 Å². The number of aromatic nitrogens is 3. The number of carbonyl (C=O) groups is 5. The zero-order valence-electron chi connectivity index (χ0n) is 36.3. The van der Waals surface area contributed by atoms with Gasteiger partial charge in [0.1, 0.15) is 17.6 Å². The number of imide groups is 2. The highest BCUT2D eigenvalue weighted by Crippen LogP contribution is 2.33. The maximum absolute atomic E-state index is 13.3. The number of imidazole rings is 1. The standard InChI is InChI=1S/C48H56N8O7/c1-30(54-24-26-62-27-25-54)29-55-39-19-16-34(44-31(2)53-63-32(44)3)28-38(39)51-41(55)21-15-33-13-17-35(18-14-33)50-42(57)12-7-5-4-6-8-23-49-37-11-9-10-36-45(37)48(61)56(47(36)60)40-20-22-43(58)52-46(40)59/h9-11,13-14,16-19,28,30,40,49H,4-8,12,15,20-27,29H2,1-3H3,(H,50,57)(H,52,58,59). The van der Waals surface area contributed by atoms with Gasteiger partial charge in [-0.2, -0.15) is 0 Å². The minimum atomic E-state index is -0.997. The Morgan fingerprint density at radius 3 is 2.44 bits per heavy atom. The molecule has 3 aromatic carbocycles. The first kappa shape index (κ1) is 43.5. The molecule has 3 N–H and O–H groups in total. The van der Waals surface area contributed by atoms with Crippen LogP contribution in [-0.4, -0.2) is 99.0 Å². The second kappa shape index (κ2) is 19.5. The molecule has 5 heterocycles. The number of carbonyl (C=O) groups excluding carboxylic acids is 5. The zero-order chi connectivity index (χ0) is 44.0. The highest BCUT2D eigenvalue weighted by molar-refractivity contribution is 6.25. The number of rotatable bonds is 18. The minimum Gasteiger partial charge on any atom is -0.384 e. The van der Waals surface area contributed by atoms with Crippen LogP contribution in [0.25, 0.3) is 22.2 Å². The first-order valence-electron chi connectivity index (χ1n) is 22.3. The smallest absolute Gasteiger partial charge is 0.264 e. The van der Waals surface area contributed by atoms with Gasteiger partial charge in [-0.3, -0.25) is 39.1 Å². The Balaban J connectivity index is 0.778. The molecule has 3 aliphatic heterocycles. The molecule has 15 heteroatoms. The number of nitrogens with zero attached hydrogens (tertiary/aromatic N) is 5. The van der Waals surface area contributed by atoms with Crippen LogP contribution < -0.4 is 16.0 Å². The van der Waals surface area contributed by atoms with E-state index in [9.17, 15) is 24.0 Å². The van der Waals surface area contributed by atoms with Gasteiger partial charge in [0.2, 0.25) is 17.7 Å². The molecule has 0 aliphatic carbocycles. The molecule has 2 saturated heterocycles. The number of nitrogens with one attached hydrogen (secondary N) is 3. The summed E-state index contributed by atoms with van der Waals surface area (Å²) in [5.74, 6) is -0.241. The Hall–Kier alpha value is -6.19. The van der Waals surface area contributed by atoms with Crippen LogP contribution in [-0.2, 0) is 38.5 Å². The van der Waals surface area contributed by atoms with Gasteiger partial charge in [-0.15, -0.1) is 0 Å². The molecule has 330 valence electrons. The molecule has 3 aliphatic rings. The van der Waals surface area contributed by atoms with Gasteiger partial charge < -0.3 is 24.5 Å². The van der Waals surface area contributed by atoms with Gasteiger partial charge in [0, 0.05) is 68.4 Å². The SMILES string of the molecule is Cc1noc(C)c1-c1ccc2c(c1)nc(CCc1ccc(NC(=O)CCCCCCCNc3cccc4c3C(=O)N(C3CCC(=O)NC3=O)C4=O)cc1)n2CC(C)N1CCOCC1. The summed E-state index contributed by atoms with van der Waals surface area (Å²) in [7, 11) is 0. The molecule has 0 bridgehead atoms. The summed E-state index contributed by atoms with van der Waals surface area (Å²) >= 11 is 0. The lowest BCUT2D eigenvalue weighted by molar-refractivity contribution is -0.136. The summed E-state index contributed by atoms with van der Waals surface area (Å²) < 4.78 is 13.5. The molecule has 0 radical (unpaired) electrons. The Morgan fingerprint density at radius 2 is 1.68 bits per heavy atom. The first-order valence-corrected chi connectivity index (χ1v) is 22.3. The predicted molar refractivity (Wildman–Crippen MR) is 238 cm³/mol. The van der Waals surface area contributed by atoms with E-state index in [-0.39, 0.29) is 29.9 Å². The zero-order valence-corrected chi connectivity index (χ0v) is 36.3. The van der Waals surface area contributed by atoms with Gasteiger partial charge in [-0.1, -0.05) is 48.7 Å². The number of aryl methyl sites for hydroxylation is 4. The average molecular weight is 857 g/mol. The van der Waals surface area contributed by atoms with Crippen molar-refractivity contribution in [2.24, 2.45) is 0 Å². The van der Waals surface area contributed by atoms with Crippen LogP contribution in [0.2, 0.25) is 0 Å². The maximum atomic E-state index is 13.3. The van der Waals surface area contributed by atoms with E-state index in [2.05, 4.69) is 67.8 Å². The molecule has 8 rings (SSSR count). The number of hydrogen-bond acceptors (Lipinski definition) is 11. The molecule has 0 spiro atoms. The maximum Gasteiger partial charge on any atom is 0.264 e. The summed E-state index contributed by atoms with van der Waals surface area (Å²) in [6.45, 7) is 11.0. The number of ether oxygens (including phenoxy) is 1. The largest absolute Gasteiger partial charge is 0.384 e. The minimum absolute atomic E-state index is 0.00743. The number of amides is 5. The molecule has 2 unspecified atom stereocenters. The van der Waals surface area contributed by atoms with Gasteiger partial charge in [-0.05, 0) is 94.0 Å². The molecule has 2 atom stereocenters. The molecular formula is C48H56N8O7. The van der Waals surface area contributed by atoms with Crippen molar-refractivity contribution >= 4 is 51.9 Å². The Kier molecular flexibility index (Phi) is 13.4. The monoisotopic (exact) mass is 856 g/mol. The van der Waals surface area contributed by atoms with Crippen LogP contribution in [0.15, 0.2) is 65.2 Å². The number of unbranched alkanes of at least 4 members (excludes halogenated alkanes) is 4. The molecular weight excluding hydrogens is 801 g/mol. The van der Waals surface area contributed by atoms with E-state index in [1.165, 1.54) is 5.56 Å². The van der Waals surface area contributed by atoms with Crippen molar-refractivity contribution in [3.8, 4) is 11.1 Å².